The van der Waals surface area contributed by atoms with Gasteiger partial charge in [0.15, 0.2) is 11.5 Å². The summed E-state index contributed by atoms with van der Waals surface area (Å²) in [5.41, 5.74) is 0.679. The van der Waals surface area contributed by atoms with Crippen molar-refractivity contribution in [2.45, 2.75) is 50.7 Å². The van der Waals surface area contributed by atoms with Gasteiger partial charge >= 0.3 is 0 Å². The zero-order valence-electron chi connectivity index (χ0n) is 15.7. The highest BCUT2D eigenvalue weighted by atomic mass is 16.5. The van der Waals surface area contributed by atoms with Gasteiger partial charge in [0.25, 0.3) is 0 Å². The van der Waals surface area contributed by atoms with Crippen molar-refractivity contribution in [2.24, 2.45) is 5.92 Å². The molecule has 7 nitrogen and oxygen atoms in total. The molecule has 1 aromatic carbocycles. The van der Waals surface area contributed by atoms with Gasteiger partial charge in [-0.1, -0.05) is 0 Å². The summed E-state index contributed by atoms with van der Waals surface area (Å²) in [4.78, 5) is 14.3. The number of fused-ring (bicyclic) bond motifs is 3. The molecule has 0 bridgehead atoms. The Hall–Kier alpha value is -1.67. The summed E-state index contributed by atoms with van der Waals surface area (Å²) in [6, 6.07) is 3.25. The molecular formula is C19H27NO6. The molecule has 0 amide bonds. The van der Waals surface area contributed by atoms with Gasteiger partial charge in [-0.2, -0.15) is 0 Å². The summed E-state index contributed by atoms with van der Waals surface area (Å²) in [7, 11) is 3.11. The highest BCUT2D eigenvalue weighted by Gasteiger charge is 2.54. The lowest BCUT2D eigenvalue weighted by Gasteiger charge is -2.51. The Labute approximate surface area is 153 Å². The summed E-state index contributed by atoms with van der Waals surface area (Å²) in [6.07, 6.45) is 0.741. The van der Waals surface area contributed by atoms with Gasteiger partial charge in [0.1, 0.15) is 5.78 Å². The number of Topliss-reactive ketones (excluding diaryl/α,β-unsaturated/α-hetero) is 1. The highest BCUT2D eigenvalue weighted by molar-refractivity contribution is 5.84. The summed E-state index contributed by atoms with van der Waals surface area (Å²) >= 11 is 0. The topological polar surface area (TPSA) is 99.5 Å². The number of ketones is 1. The molecule has 0 saturated carbocycles. The van der Waals surface area contributed by atoms with E-state index in [0.29, 0.717) is 24.5 Å². The van der Waals surface area contributed by atoms with Gasteiger partial charge in [-0.25, -0.2) is 4.90 Å². The van der Waals surface area contributed by atoms with Crippen LogP contribution in [0.1, 0.15) is 43.9 Å². The lowest BCUT2D eigenvalue weighted by Crippen LogP contribution is -2.63. The molecule has 7 heteroatoms. The maximum atomic E-state index is 12.7. The number of benzene rings is 1. The summed E-state index contributed by atoms with van der Waals surface area (Å²) in [6.45, 7) is 3.52. The number of carbonyl (C=O) groups is 1. The smallest absolute Gasteiger partial charge is 0.235 e. The molecular weight excluding hydrogens is 338 g/mol. The molecule has 1 fully saturated rings. The summed E-state index contributed by atoms with van der Waals surface area (Å²) in [5, 5.41) is 31.7. The number of nitrogens with zero attached hydrogens (tertiary/aromatic N) is 1. The van der Waals surface area contributed by atoms with Gasteiger partial charge in [-0.05, 0) is 49.9 Å². The van der Waals surface area contributed by atoms with E-state index in [4.69, 9.17) is 9.47 Å². The van der Waals surface area contributed by atoms with E-state index in [-0.39, 0.29) is 18.6 Å². The van der Waals surface area contributed by atoms with Gasteiger partial charge < -0.3 is 24.8 Å². The Morgan fingerprint density at radius 2 is 1.85 bits per heavy atom. The zero-order valence-corrected chi connectivity index (χ0v) is 15.7. The largest absolute Gasteiger partial charge is 0.493 e. The van der Waals surface area contributed by atoms with Crippen molar-refractivity contribution in [1.29, 1.82) is 0 Å². The van der Waals surface area contributed by atoms with Crippen molar-refractivity contribution in [3.8, 4) is 11.5 Å². The van der Waals surface area contributed by atoms with Gasteiger partial charge in [0, 0.05) is 19.0 Å². The molecule has 2 aliphatic heterocycles. The van der Waals surface area contributed by atoms with Crippen molar-refractivity contribution in [3.63, 3.8) is 0 Å². The van der Waals surface area contributed by atoms with E-state index in [0.717, 1.165) is 11.1 Å². The van der Waals surface area contributed by atoms with Crippen LogP contribution in [0.25, 0.3) is 0 Å². The van der Waals surface area contributed by atoms with Crippen molar-refractivity contribution in [3.05, 3.63) is 23.3 Å². The molecule has 0 unspecified atom stereocenters. The molecule has 0 aromatic heterocycles. The number of ether oxygens (including phenoxy) is 2. The third-order valence-electron chi connectivity index (χ3n) is 5.38. The minimum absolute atomic E-state index is 0.0131. The van der Waals surface area contributed by atoms with Crippen molar-refractivity contribution < 1.29 is 29.6 Å². The second-order valence-electron chi connectivity index (χ2n) is 7.79. The fraction of sp³-hybridized carbons (Fsp3) is 0.632. The molecule has 2 aliphatic rings. The van der Waals surface area contributed by atoms with Crippen molar-refractivity contribution in [1.82, 2.24) is 4.90 Å². The Kier molecular flexibility index (Phi) is 4.77. The number of hydrogen-bond acceptors (Lipinski definition) is 7. The first kappa shape index (κ1) is 19.1. The van der Waals surface area contributed by atoms with E-state index in [1.807, 2.05) is 12.1 Å². The molecule has 3 N–H and O–H groups in total. The van der Waals surface area contributed by atoms with Gasteiger partial charge in [0.05, 0.1) is 25.7 Å². The maximum Gasteiger partial charge on any atom is 0.235 e. The predicted molar refractivity (Wildman–Crippen MR) is 93.9 cm³/mol. The van der Waals surface area contributed by atoms with E-state index in [2.05, 4.69) is 0 Å². The molecule has 2 atom stereocenters. The third-order valence-corrected chi connectivity index (χ3v) is 5.38. The minimum Gasteiger partial charge on any atom is -0.493 e. The summed E-state index contributed by atoms with van der Waals surface area (Å²) in [5.74, 6) is -2.46. The standard InChI is InChI=1S/C19H27NO6/c1-18(2,22)10-13-15(21)9-14-12-8-17(26-4)16(25-3)7-11(12)5-6-20(14)19(13,23)24/h7-8,13-14,22-24H,5-6,9-10H2,1-4H3/t13-,14+/m1/s1. The molecule has 0 spiro atoms. The first-order valence-corrected chi connectivity index (χ1v) is 8.80. The number of rotatable bonds is 4. The monoisotopic (exact) mass is 365 g/mol. The quantitative estimate of drug-likeness (QED) is 0.684. The van der Waals surface area contributed by atoms with E-state index in [9.17, 15) is 20.1 Å². The molecule has 0 radical (unpaired) electrons. The third kappa shape index (κ3) is 3.20. The molecule has 3 rings (SSSR count). The molecule has 1 saturated heterocycles. The van der Waals surface area contributed by atoms with Crippen LogP contribution in [0.15, 0.2) is 12.1 Å². The Bertz CT molecular complexity index is 709. The Balaban J connectivity index is 2.00. The SMILES string of the molecule is COc1cc2c(cc1OC)[C@@H]1CC(=O)[C@@H](CC(C)(C)O)C(O)(O)N1CC2. The summed E-state index contributed by atoms with van der Waals surface area (Å²) < 4.78 is 10.7. The Morgan fingerprint density at radius 3 is 2.42 bits per heavy atom. The van der Waals surface area contributed by atoms with E-state index < -0.39 is 23.5 Å². The lowest BCUT2D eigenvalue weighted by molar-refractivity contribution is -0.316. The number of aliphatic hydroxyl groups is 3. The van der Waals surface area contributed by atoms with Gasteiger partial charge in [-0.3, -0.25) is 4.79 Å². The number of methoxy groups -OCH3 is 2. The average Bonchev–Trinajstić information content (AvgIpc) is 2.56. The van der Waals surface area contributed by atoms with Crippen LogP contribution in [0.4, 0.5) is 0 Å². The number of piperidine rings is 1. The highest BCUT2D eigenvalue weighted by Crippen LogP contribution is 2.47. The molecule has 1 aromatic rings. The molecule has 144 valence electrons. The fourth-order valence-corrected chi connectivity index (χ4v) is 4.14. The Morgan fingerprint density at radius 1 is 1.23 bits per heavy atom. The number of hydrogen-bond donors (Lipinski definition) is 3. The van der Waals surface area contributed by atoms with Crippen molar-refractivity contribution in [2.75, 3.05) is 20.8 Å². The van der Waals surface area contributed by atoms with Crippen LogP contribution in [0.5, 0.6) is 11.5 Å². The van der Waals surface area contributed by atoms with Gasteiger partial charge in [-0.15, -0.1) is 0 Å². The normalized spacial score (nSPS) is 25.4. The van der Waals surface area contributed by atoms with Crippen LogP contribution in [0.3, 0.4) is 0 Å². The van der Waals surface area contributed by atoms with Crippen LogP contribution in [0, 0.1) is 5.92 Å². The fourth-order valence-electron chi connectivity index (χ4n) is 4.14. The molecule has 0 aliphatic carbocycles. The van der Waals surface area contributed by atoms with E-state index >= 15 is 0 Å². The lowest BCUT2D eigenvalue weighted by atomic mass is 9.76. The average molecular weight is 365 g/mol. The van der Waals surface area contributed by atoms with Gasteiger partial charge in [0.2, 0.25) is 5.91 Å². The minimum atomic E-state index is -2.30. The maximum absolute atomic E-state index is 12.7. The first-order chi connectivity index (χ1) is 12.1. The second-order valence-corrected chi connectivity index (χ2v) is 7.79. The second kappa shape index (κ2) is 6.49. The van der Waals surface area contributed by atoms with Crippen LogP contribution in [-0.4, -0.2) is 58.3 Å². The van der Waals surface area contributed by atoms with Crippen LogP contribution >= 0.6 is 0 Å². The molecule has 26 heavy (non-hydrogen) atoms. The van der Waals surface area contributed by atoms with E-state index in [1.54, 1.807) is 33.0 Å². The first-order valence-electron chi connectivity index (χ1n) is 8.80. The van der Waals surface area contributed by atoms with Crippen LogP contribution in [-0.2, 0) is 11.2 Å². The van der Waals surface area contributed by atoms with E-state index in [1.165, 1.54) is 0 Å². The van der Waals surface area contributed by atoms with Crippen LogP contribution < -0.4 is 9.47 Å². The number of carbonyl (C=O) groups excluding carboxylic acids is 1. The van der Waals surface area contributed by atoms with Crippen LogP contribution in [0.2, 0.25) is 0 Å². The molecule has 2 heterocycles. The zero-order chi connectivity index (χ0) is 19.3. The predicted octanol–water partition coefficient (Wildman–Crippen LogP) is 0.991. The van der Waals surface area contributed by atoms with Crippen molar-refractivity contribution >= 4 is 5.78 Å².